The predicted octanol–water partition coefficient (Wildman–Crippen LogP) is 4.22. The molecule has 6 heteroatoms. The van der Waals surface area contributed by atoms with E-state index in [-0.39, 0.29) is 11.6 Å². The van der Waals surface area contributed by atoms with E-state index < -0.39 is 17.5 Å². The second kappa shape index (κ2) is 5.41. The quantitative estimate of drug-likeness (QED) is 0.662. The predicted molar refractivity (Wildman–Crippen MR) is 75.4 cm³/mol. The van der Waals surface area contributed by atoms with E-state index >= 15 is 0 Å². The zero-order chi connectivity index (χ0) is 15.0. The van der Waals surface area contributed by atoms with Crippen molar-refractivity contribution in [2.24, 2.45) is 0 Å². The van der Waals surface area contributed by atoms with E-state index in [1.165, 1.54) is 34.9 Å². The molecule has 108 valence electrons. The minimum atomic E-state index is -0.975. The summed E-state index contributed by atoms with van der Waals surface area (Å²) >= 11 is 5.73. The minimum absolute atomic E-state index is 0.0317. The number of aryl methyl sites for hydroxylation is 1. The van der Waals surface area contributed by atoms with Gasteiger partial charge in [0.15, 0.2) is 11.6 Å². The van der Waals surface area contributed by atoms with Crippen LogP contribution in [0.1, 0.15) is 5.82 Å². The number of alkyl halides is 1. The first-order valence-electron chi connectivity index (χ1n) is 6.29. The van der Waals surface area contributed by atoms with Gasteiger partial charge in [-0.15, -0.1) is 11.6 Å². The fraction of sp³-hybridized carbons (Fsp3) is 0.133. The lowest BCUT2D eigenvalue weighted by molar-refractivity contribution is 0.504. The summed E-state index contributed by atoms with van der Waals surface area (Å²) in [6, 6.07) is 7.88. The van der Waals surface area contributed by atoms with Gasteiger partial charge in [-0.25, -0.2) is 18.2 Å². The fourth-order valence-electron chi connectivity index (χ4n) is 2.29. The summed E-state index contributed by atoms with van der Waals surface area (Å²) in [6.45, 7) is 0. The molecule has 0 aliphatic carbocycles. The molecule has 0 bridgehead atoms. The number of imidazole rings is 1. The van der Waals surface area contributed by atoms with Crippen LogP contribution in [0.25, 0.3) is 16.7 Å². The van der Waals surface area contributed by atoms with E-state index in [9.17, 15) is 13.2 Å². The van der Waals surface area contributed by atoms with Gasteiger partial charge in [-0.2, -0.15) is 0 Å². The van der Waals surface area contributed by atoms with Gasteiger partial charge in [0, 0.05) is 18.4 Å². The molecular weight excluding hydrogens is 301 g/mol. The number of nitrogens with zero attached hydrogens (tertiary/aromatic N) is 2. The summed E-state index contributed by atoms with van der Waals surface area (Å²) in [5.41, 5.74) is 0.906. The Morgan fingerprint density at radius 3 is 2.67 bits per heavy atom. The van der Waals surface area contributed by atoms with Gasteiger partial charge >= 0.3 is 0 Å². The van der Waals surface area contributed by atoms with Crippen molar-refractivity contribution in [3.05, 3.63) is 59.7 Å². The third-order valence-electron chi connectivity index (χ3n) is 3.18. The summed E-state index contributed by atoms with van der Waals surface area (Å²) in [5, 5.41) is 0. The molecule has 1 heterocycles. The summed E-state index contributed by atoms with van der Waals surface area (Å²) in [7, 11) is 0. The van der Waals surface area contributed by atoms with Crippen molar-refractivity contribution in [3.63, 3.8) is 0 Å². The van der Waals surface area contributed by atoms with Crippen molar-refractivity contribution in [1.29, 1.82) is 0 Å². The molecule has 0 N–H and O–H groups in total. The maximum absolute atomic E-state index is 14.1. The van der Waals surface area contributed by atoms with Crippen molar-refractivity contribution in [3.8, 4) is 5.69 Å². The Bertz CT molecular complexity index is 814. The van der Waals surface area contributed by atoms with Gasteiger partial charge < -0.3 is 0 Å². The van der Waals surface area contributed by atoms with Gasteiger partial charge in [0.2, 0.25) is 0 Å². The highest BCUT2D eigenvalue weighted by atomic mass is 35.5. The van der Waals surface area contributed by atoms with Crippen LogP contribution in [-0.2, 0) is 6.42 Å². The Morgan fingerprint density at radius 1 is 1.10 bits per heavy atom. The van der Waals surface area contributed by atoms with Crippen LogP contribution in [-0.4, -0.2) is 15.4 Å². The van der Waals surface area contributed by atoms with Crippen LogP contribution in [0.3, 0.4) is 0 Å². The lowest BCUT2D eigenvalue weighted by Gasteiger charge is -2.10. The van der Waals surface area contributed by atoms with Gasteiger partial charge in [0.1, 0.15) is 11.6 Å². The molecule has 21 heavy (non-hydrogen) atoms. The first-order valence-corrected chi connectivity index (χ1v) is 6.82. The highest BCUT2D eigenvalue weighted by Crippen LogP contribution is 2.25. The molecule has 0 unspecified atom stereocenters. The van der Waals surface area contributed by atoms with Crippen LogP contribution >= 0.6 is 11.6 Å². The standard InChI is InChI=1S/C15H10ClF3N2/c16-7-6-14-20-11-8-9(17)4-5-12(11)21(14)13-3-1-2-10(18)15(13)19/h1-5,8H,6-7H2. The molecule has 3 rings (SSSR count). The second-order valence-electron chi connectivity index (χ2n) is 4.51. The molecular formula is C15H10ClF3N2. The molecule has 2 nitrogen and oxygen atoms in total. The molecule has 2 aromatic carbocycles. The fourth-order valence-corrected chi connectivity index (χ4v) is 2.46. The van der Waals surface area contributed by atoms with E-state index in [0.717, 1.165) is 6.07 Å². The summed E-state index contributed by atoms with van der Waals surface area (Å²) in [5.74, 6) is -1.65. The van der Waals surface area contributed by atoms with E-state index in [1.807, 2.05) is 0 Å². The molecule has 0 spiro atoms. The largest absolute Gasteiger partial charge is 0.293 e. The Kier molecular flexibility index (Phi) is 3.59. The number of rotatable bonds is 3. The zero-order valence-corrected chi connectivity index (χ0v) is 11.5. The number of hydrogen-bond donors (Lipinski definition) is 0. The van der Waals surface area contributed by atoms with Gasteiger partial charge in [-0.3, -0.25) is 4.57 Å². The monoisotopic (exact) mass is 310 g/mol. The molecule has 0 atom stereocenters. The highest BCUT2D eigenvalue weighted by molar-refractivity contribution is 6.17. The van der Waals surface area contributed by atoms with Gasteiger partial charge in [-0.1, -0.05) is 6.07 Å². The van der Waals surface area contributed by atoms with Crippen molar-refractivity contribution in [2.45, 2.75) is 6.42 Å². The number of aromatic nitrogens is 2. The van der Waals surface area contributed by atoms with E-state index in [4.69, 9.17) is 11.6 Å². The average Bonchev–Trinajstić information content (AvgIpc) is 2.79. The molecule has 0 saturated heterocycles. The molecule has 0 fully saturated rings. The number of hydrogen-bond acceptors (Lipinski definition) is 1. The van der Waals surface area contributed by atoms with Crippen LogP contribution in [0.2, 0.25) is 0 Å². The molecule has 1 aromatic heterocycles. The summed E-state index contributed by atoms with van der Waals surface area (Å²) < 4.78 is 42.3. The Balaban J connectivity index is 2.33. The van der Waals surface area contributed by atoms with Crippen molar-refractivity contribution < 1.29 is 13.2 Å². The topological polar surface area (TPSA) is 17.8 Å². The minimum Gasteiger partial charge on any atom is -0.293 e. The Hall–Kier alpha value is -2.01. The molecule has 0 amide bonds. The zero-order valence-electron chi connectivity index (χ0n) is 10.8. The number of halogens is 4. The van der Waals surface area contributed by atoms with Gasteiger partial charge in [0.25, 0.3) is 0 Å². The highest BCUT2D eigenvalue weighted by Gasteiger charge is 2.17. The first kappa shape index (κ1) is 13.9. The summed E-state index contributed by atoms with van der Waals surface area (Å²) in [4.78, 5) is 4.26. The lowest BCUT2D eigenvalue weighted by Crippen LogP contribution is -2.05. The third-order valence-corrected chi connectivity index (χ3v) is 3.37. The van der Waals surface area contributed by atoms with Gasteiger partial charge in [-0.05, 0) is 24.3 Å². The molecule has 0 saturated carbocycles. The van der Waals surface area contributed by atoms with Crippen LogP contribution in [0.4, 0.5) is 13.2 Å². The Labute approximate surface area is 123 Å². The van der Waals surface area contributed by atoms with Crippen molar-refractivity contribution in [2.75, 3.05) is 5.88 Å². The SMILES string of the molecule is Fc1ccc2c(c1)nc(CCCl)n2-c1cccc(F)c1F. The van der Waals surface area contributed by atoms with Crippen LogP contribution < -0.4 is 0 Å². The molecule has 0 radical (unpaired) electrons. The summed E-state index contributed by atoms with van der Waals surface area (Å²) in [6.07, 6.45) is 0.355. The third kappa shape index (κ3) is 2.38. The van der Waals surface area contributed by atoms with E-state index in [0.29, 0.717) is 23.3 Å². The van der Waals surface area contributed by atoms with Crippen molar-refractivity contribution >= 4 is 22.6 Å². The maximum Gasteiger partial charge on any atom is 0.182 e. The van der Waals surface area contributed by atoms with E-state index in [1.54, 1.807) is 0 Å². The van der Waals surface area contributed by atoms with Gasteiger partial charge in [0.05, 0.1) is 16.7 Å². The first-order chi connectivity index (χ1) is 10.1. The normalized spacial score (nSPS) is 11.2. The van der Waals surface area contributed by atoms with Crippen LogP contribution in [0.5, 0.6) is 0 Å². The van der Waals surface area contributed by atoms with E-state index in [2.05, 4.69) is 4.98 Å². The van der Waals surface area contributed by atoms with Crippen molar-refractivity contribution in [1.82, 2.24) is 9.55 Å². The average molecular weight is 311 g/mol. The number of benzene rings is 2. The maximum atomic E-state index is 14.1. The molecule has 0 aliphatic heterocycles. The lowest BCUT2D eigenvalue weighted by atomic mass is 10.2. The molecule has 3 aromatic rings. The second-order valence-corrected chi connectivity index (χ2v) is 4.89. The molecule has 0 aliphatic rings. The van der Waals surface area contributed by atoms with Crippen LogP contribution in [0, 0.1) is 17.5 Å². The van der Waals surface area contributed by atoms with Crippen LogP contribution in [0.15, 0.2) is 36.4 Å². The Morgan fingerprint density at radius 2 is 1.90 bits per heavy atom. The smallest absolute Gasteiger partial charge is 0.182 e. The number of fused-ring (bicyclic) bond motifs is 1.